The predicted octanol–water partition coefficient (Wildman–Crippen LogP) is 3.70. The van der Waals surface area contributed by atoms with Crippen LogP contribution in [0.15, 0.2) is 23.3 Å². The number of rotatable bonds is 1. The van der Waals surface area contributed by atoms with Crippen molar-refractivity contribution in [1.29, 1.82) is 0 Å². The average Bonchev–Trinajstić information content (AvgIpc) is 1.99. The minimum atomic E-state index is 0.815. The molecule has 0 saturated carbocycles. The first kappa shape index (κ1) is 8.58. The highest BCUT2D eigenvalue weighted by Crippen LogP contribution is 2.29. The summed E-state index contributed by atoms with van der Waals surface area (Å²) in [6.07, 6.45) is 8.47. The largest absolute Gasteiger partial charge is 0.0874 e. The molecule has 0 bridgehead atoms. The number of hydrogen-bond acceptors (Lipinski definition) is 0. The van der Waals surface area contributed by atoms with Gasteiger partial charge in [-0.2, -0.15) is 0 Å². The summed E-state index contributed by atoms with van der Waals surface area (Å²) in [4.78, 5) is 0. The highest BCUT2D eigenvalue weighted by atomic mass is 14.2. The first-order valence-electron chi connectivity index (χ1n) is 4.58. The molecule has 0 heterocycles. The van der Waals surface area contributed by atoms with E-state index in [1.807, 2.05) is 0 Å². The molecule has 11 heavy (non-hydrogen) atoms. The van der Waals surface area contributed by atoms with Crippen LogP contribution in [0, 0.1) is 5.92 Å². The molecule has 0 radical (unpaired) electrons. The Labute approximate surface area is 70.0 Å². The van der Waals surface area contributed by atoms with Crippen molar-refractivity contribution in [1.82, 2.24) is 0 Å². The van der Waals surface area contributed by atoms with Gasteiger partial charge in [0.15, 0.2) is 0 Å². The van der Waals surface area contributed by atoms with Crippen molar-refractivity contribution in [3.05, 3.63) is 23.3 Å². The number of allylic oxidation sites excluding steroid dienone is 4. The Kier molecular flexibility index (Phi) is 2.92. The molecule has 1 atom stereocenters. The van der Waals surface area contributed by atoms with E-state index in [2.05, 4.69) is 32.9 Å². The zero-order chi connectivity index (χ0) is 8.27. The summed E-state index contributed by atoms with van der Waals surface area (Å²) in [6, 6.07) is 0. The molecule has 0 amide bonds. The first-order chi connectivity index (χ1) is 5.25. The fraction of sp³-hybridized carbons (Fsp3) is 0.636. The minimum absolute atomic E-state index is 0.815. The monoisotopic (exact) mass is 150 g/mol. The van der Waals surface area contributed by atoms with Gasteiger partial charge in [-0.1, -0.05) is 24.6 Å². The summed E-state index contributed by atoms with van der Waals surface area (Å²) in [5.74, 6) is 0.815. The SMILES string of the molecule is CC=CC1=C(C)C(C)CCC1. The summed E-state index contributed by atoms with van der Waals surface area (Å²) in [5.41, 5.74) is 3.18. The average molecular weight is 150 g/mol. The molecule has 0 aliphatic heterocycles. The van der Waals surface area contributed by atoms with Crippen LogP contribution in [0.2, 0.25) is 0 Å². The summed E-state index contributed by atoms with van der Waals surface area (Å²) in [7, 11) is 0. The third-order valence-electron chi connectivity index (χ3n) is 2.70. The molecule has 0 saturated heterocycles. The van der Waals surface area contributed by atoms with Crippen molar-refractivity contribution < 1.29 is 0 Å². The molecule has 0 heteroatoms. The van der Waals surface area contributed by atoms with E-state index in [-0.39, 0.29) is 0 Å². The quantitative estimate of drug-likeness (QED) is 0.534. The lowest BCUT2D eigenvalue weighted by atomic mass is 9.85. The van der Waals surface area contributed by atoms with Crippen molar-refractivity contribution in [2.75, 3.05) is 0 Å². The van der Waals surface area contributed by atoms with Crippen molar-refractivity contribution >= 4 is 0 Å². The third-order valence-corrected chi connectivity index (χ3v) is 2.70. The highest BCUT2D eigenvalue weighted by molar-refractivity contribution is 5.27. The molecule has 1 aliphatic carbocycles. The zero-order valence-corrected chi connectivity index (χ0v) is 7.85. The van der Waals surface area contributed by atoms with E-state index >= 15 is 0 Å². The topological polar surface area (TPSA) is 0 Å². The van der Waals surface area contributed by atoms with Crippen molar-refractivity contribution in [3.63, 3.8) is 0 Å². The number of hydrogen-bond donors (Lipinski definition) is 0. The van der Waals surface area contributed by atoms with Crippen molar-refractivity contribution in [2.24, 2.45) is 5.92 Å². The van der Waals surface area contributed by atoms with Crippen LogP contribution in [-0.2, 0) is 0 Å². The summed E-state index contributed by atoms with van der Waals surface area (Å²) < 4.78 is 0. The van der Waals surface area contributed by atoms with E-state index in [1.54, 1.807) is 11.1 Å². The van der Waals surface area contributed by atoms with Gasteiger partial charge in [0.25, 0.3) is 0 Å². The maximum absolute atomic E-state index is 2.33. The summed E-state index contributed by atoms with van der Waals surface area (Å²) >= 11 is 0. The van der Waals surface area contributed by atoms with E-state index in [0.717, 1.165) is 5.92 Å². The Balaban J connectivity index is 2.79. The smallest absolute Gasteiger partial charge is 0.0228 e. The fourth-order valence-corrected chi connectivity index (χ4v) is 1.74. The maximum atomic E-state index is 2.33. The van der Waals surface area contributed by atoms with Gasteiger partial charge in [0.1, 0.15) is 0 Å². The molecular weight excluding hydrogens is 132 g/mol. The molecule has 0 aromatic rings. The third kappa shape index (κ3) is 1.95. The second-order valence-corrected chi connectivity index (χ2v) is 3.50. The molecule has 0 aromatic carbocycles. The van der Waals surface area contributed by atoms with Crippen LogP contribution >= 0.6 is 0 Å². The molecule has 0 aromatic heterocycles. The molecule has 0 spiro atoms. The van der Waals surface area contributed by atoms with Crippen LogP contribution in [0.1, 0.15) is 40.0 Å². The normalized spacial score (nSPS) is 26.6. The van der Waals surface area contributed by atoms with E-state index in [9.17, 15) is 0 Å². The molecule has 0 nitrogen and oxygen atoms in total. The van der Waals surface area contributed by atoms with E-state index in [1.165, 1.54) is 19.3 Å². The lowest BCUT2D eigenvalue weighted by Gasteiger charge is -2.21. The van der Waals surface area contributed by atoms with Crippen LogP contribution in [0.5, 0.6) is 0 Å². The molecular formula is C11H18. The molecule has 1 rings (SSSR count). The van der Waals surface area contributed by atoms with Crippen LogP contribution < -0.4 is 0 Å². The Morgan fingerprint density at radius 2 is 2.18 bits per heavy atom. The van der Waals surface area contributed by atoms with Gasteiger partial charge >= 0.3 is 0 Å². The highest BCUT2D eigenvalue weighted by Gasteiger charge is 2.13. The molecule has 0 fully saturated rings. The standard InChI is InChI=1S/C11H18/c1-4-6-11-8-5-7-9(2)10(11)3/h4,6,9H,5,7-8H2,1-3H3. The zero-order valence-electron chi connectivity index (χ0n) is 7.85. The van der Waals surface area contributed by atoms with Gasteiger partial charge < -0.3 is 0 Å². The fourth-order valence-electron chi connectivity index (χ4n) is 1.74. The Morgan fingerprint density at radius 1 is 1.45 bits per heavy atom. The molecule has 1 aliphatic rings. The van der Waals surface area contributed by atoms with Crippen molar-refractivity contribution in [3.8, 4) is 0 Å². The van der Waals surface area contributed by atoms with Gasteiger partial charge in [-0.25, -0.2) is 0 Å². The van der Waals surface area contributed by atoms with Gasteiger partial charge in [0.2, 0.25) is 0 Å². The van der Waals surface area contributed by atoms with Gasteiger partial charge in [-0.3, -0.25) is 0 Å². The maximum Gasteiger partial charge on any atom is -0.0228 e. The lowest BCUT2D eigenvalue weighted by Crippen LogP contribution is -2.05. The Hall–Kier alpha value is -0.520. The van der Waals surface area contributed by atoms with Crippen LogP contribution in [0.4, 0.5) is 0 Å². The molecule has 62 valence electrons. The lowest BCUT2D eigenvalue weighted by molar-refractivity contribution is 0.541. The van der Waals surface area contributed by atoms with Crippen LogP contribution in [0.3, 0.4) is 0 Å². The Morgan fingerprint density at radius 3 is 2.82 bits per heavy atom. The first-order valence-corrected chi connectivity index (χ1v) is 4.58. The molecule has 1 unspecified atom stereocenters. The van der Waals surface area contributed by atoms with E-state index in [0.29, 0.717) is 0 Å². The second kappa shape index (κ2) is 3.75. The van der Waals surface area contributed by atoms with Gasteiger partial charge in [-0.15, -0.1) is 0 Å². The van der Waals surface area contributed by atoms with Crippen LogP contribution in [-0.4, -0.2) is 0 Å². The van der Waals surface area contributed by atoms with Crippen molar-refractivity contribution in [2.45, 2.75) is 40.0 Å². The second-order valence-electron chi connectivity index (χ2n) is 3.50. The van der Waals surface area contributed by atoms with E-state index in [4.69, 9.17) is 0 Å². The summed E-state index contributed by atoms with van der Waals surface area (Å²) in [5, 5.41) is 0. The van der Waals surface area contributed by atoms with Gasteiger partial charge in [-0.05, 0) is 44.6 Å². The predicted molar refractivity (Wildman–Crippen MR) is 50.5 cm³/mol. The van der Waals surface area contributed by atoms with Gasteiger partial charge in [0, 0.05) is 0 Å². The molecule has 0 N–H and O–H groups in total. The summed E-state index contributed by atoms with van der Waals surface area (Å²) in [6.45, 7) is 6.71. The van der Waals surface area contributed by atoms with Gasteiger partial charge in [0.05, 0.1) is 0 Å². The van der Waals surface area contributed by atoms with Crippen LogP contribution in [0.25, 0.3) is 0 Å². The van der Waals surface area contributed by atoms with E-state index < -0.39 is 0 Å². The Bertz CT molecular complexity index is 184. The minimum Gasteiger partial charge on any atom is -0.0874 e.